The predicted molar refractivity (Wildman–Crippen MR) is 94.6 cm³/mol. The zero-order chi connectivity index (χ0) is 17.8. The highest BCUT2D eigenvalue weighted by atomic mass is 16.6. The Balaban J connectivity index is 2.62. The number of nitrogens with two attached hydrogens (primary N) is 1. The van der Waals surface area contributed by atoms with Crippen LogP contribution in [0.3, 0.4) is 0 Å². The van der Waals surface area contributed by atoms with Gasteiger partial charge in [-0.3, -0.25) is 4.90 Å². The standard InChI is InChI=1S/C17H36N4O2/c1-13(19-15(22)23-16(2,3)4)14(11-18)21(7)12-17(20(5)6)9-8-10-17/h13-14H,8-12,18H2,1-7H3,(H,19,22). The van der Waals surface area contributed by atoms with Gasteiger partial charge in [0.2, 0.25) is 0 Å². The third kappa shape index (κ3) is 5.62. The molecule has 1 aliphatic carbocycles. The molecule has 0 radical (unpaired) electrons. The number of alkyl carbamates (subject to hydrolysis) is 1. The Morgan fingerprint density at radius 2 is 1.87 bits per heavy atom. The van der Waals surface area contributed by atoms with Gasteiger partial charge in [-0.15, -0.1) is 0 Å². The van der Waals surface area contributed by atoms with Gasteiger partial charge in [0.15, 0.2) is 0 Å². The number of carbonyl (C=O) groups excluding carboxylic acids is 1. The Labute approximate surface area is 141 Å². The molecule has 0 saturated heterocycles. The molecule has 6 nitrogen and oxygen atoms in total. The molecule has 1 rings (SSSR count). The van der Waals surface area contributed by atoms with Gasteiger partial charge in [-0.2, -0.15) is 0 Å². The fourth-order valence-electron chi connectivity index (χ4n) is 3.27. The number of amides is 1. The topological polar surface area (TPSA) is 70.8 Å². The molecule has 0 aromatic carbocycles. The summed E-state index contributed by atoms with van der Waals surface area (Å²) in [7, 11) is 6.38. The van der Waals surface area contributed by atoms with Crippen LogP contribution >= 0.6 is 0 Å². The minimum Gasteiger partial charge on any atom is -0.444 e. The first-order chi connectivity index (χ1) is 10.5. The molecular weight excluding hydrogens is 292 g/mol. The highest BCUT2D eigenvalue weighted by Crippen LogP contribution is 2.37. The molecule has 1 aliphatic rings. The number of nitrogens with zero attached hydrogens (tertiary/aromatic N) is 2. The van der Waals surface area contributed by atoms with Gasteiger partial charge in [-0.05, 0) is 68.1 Å². The molecule has 0 aromatic rings. The molecule has 0 heterocycles. The van der Waals surface area contributed by atoms with Gasteiger partial charge in [-0.1, -0.05) is 0 Å². The SMILES string of the molecule is CC(NC(=O)OC(C)(C)C)C(CN)N(C)CC1(N(C)C)CCC1. The van der Waals surface area contributed by atoms with E-state index in [1.165, 1.54) is 19.3 Å². The molecule has 6 heteroatoms. The van der Waals surface area contributed by atoms with E-state index in [0.29, 0.717) is 6.54 Å². The predicted octanol–water partition coefficient (Wildman–Crippen LogP) is 1.64. The van der Waals surface area contributed by atoms with Crippen LogP contribution in [0.25, 0.3) is 0 Å². The summed E-state index contributed by atoms with van der Waals surface area (Å²) in [5, 5.41) is 2.92. The number of nitrogens with one attached hydrogen (secondary N) is 1. The first kappa shape index (κ1) is 20.2. The lowest BCUT2D eigenvalue weighted by atomic mass is 9.75. The van der Waals surface area contributed by atoms with E-state index in [4.69, 9.17) is 10.5 Å². The maximum atomic E-state index is 12.0. The summed E-state index contributed by atoms with van der Waals surface area (Å²) in [6, 6.07) is 0.0130. The molecule has 0 bridgehead atoms. The van der Waals surface area contributed by atoms with Crippen molar-refractivity contribution >= 4 is 6.09 Å². The molecule has 0 aromatic heterocycles. The second-order valence-electron chi connectivity index (χ2n) is 8.13. The highest BCUT2D eigenvalue weighted by molar-refractivity contribution is 5.68. The highest BCUT2D eigenvalue weighted by Gasteiger charge is 2.41. The van der Waals surface area contributed by atoms with Crippen molar-refractivity contribution in [2.24, 2.45) is 5.73 Å². The maximum absolute atomic E-state index is 12.0. The van der Waals surface area contributed by atoms with Crippen molar-refractivity contribution in [3.05, 3.63) is 0 Å². The summed E-state index contributed by atoms with van der Waals surface area (Å²) in [6.45, 7) is 9.03. The van der Waals surface area contributed by atoms with Crippen LogP contribution in [0.15, 0.2) is 0 Å². The summed E-state index contributed by atoms with van der Waals surface area (Å²) < 4.78 is 5.34. The molecule has 2 atom stereocenters. The van der Waals surface area contributed by atoms with Gasteiger partial charge >= 0.3 is 6.09 Å². The van der Waals surface area contributed by atoms with Crippen molar-refractivity contribution in [1.29, 1.82) is 0 Å². The van der Waals surface area contributed by atoms with Crippen LogP contribution < -0.4 is 11.1 Å². The van der Waals surface area contributed by atoms with Crippen LogP contribution in [-0.2, 0) is 4.74 Å². The summed E-state index contributed by atoms with van der Waals surface area (Å²) in [5.41, 5.74) is 5.74. The van der Waals surface area contributed by atoms with Crippen molar-refractivity contribution < 1.29 is 9.53 Å². The molecule has 1 amide bonds. The number of hydrogen-bond donors (Lipinski definition) is 2. The molecule has 23 heavy (non-hydrogen) atoms. The van der Waals surface area contributed by atoms with E-state index in [9.17, 15) is 4.79 Å². The lowest BCUT2D eigenvalue weighted by Gasteiger charge is -2.50. The molecule has 0 aliphatic heterocycles. The number of ether oxygens (including phenoxy) is 1. The van der Waals surface area contributed by atoms with Gasteiger partial charge < -0.3 is 20.7 Å². The Hall–Kier alpha value is -0.850. The van der Waals surface area contributed by atoms with Crippen molar-refractivity contribution in [3.63, 3.8) is 0 Å². The van der Waals surface area contributed by atoms with Gasteiger partial charge in [0.1, 0.15) is 5.60 Å². The molecular formula is C17H36N4O2. The van der Waals surface area contributed by atoms with E-state index < -0.39 is 5.60 Å². The first-order valence-corrected chi connectivity index (χ1v) is 8.58. The van der Waals surface area contributed by atoms with Gasteiger partial charge in [0.05, 0.1) is 0 Å². The molecule has 136 valence electrons. The molecule has 0 spiro atoms. The second-order valence-corrected chi connectivity index (χ2v) is 8.13. The average molecular weight is 329 g/mol. The third-order valence-electron chi connectivity index (χ3n) is 4.91. The maximum Gasteiger partial charge on any atom is 0.407 e. The van der Waals surface area contributed by atoms with E-state index in [1.807, 2.05) is 27.7 Å². The second kappa shape index (κ2) is 7.81. The van der Waals surface area contributed by atoms with Crippen LogP contribution in [-0.4, -0.2) is 73.3 Å². The average Bonchev–Trinajstić information content (AvgIpc) is 2.31. The smallest absolute Gasteiger partial charge is 0.407 e. The van der Waals surface area contributed by atoms with Crippen molar-refractivity contribution in [2.75, 3.05) is 34.2 Å². The summed E-state index contributed by atoms with van der Waals surface area (Å²) in [5.74, 6) is 0. The Kier molecular flexibility index (Phi) is 6.86. The fourth-order valence-corrected chi connectivity index (χ4v) is 3.27. The van der Waals surface area contributed by atoms with Crippen LogP contribution in [0.4, 0.5) is 4.79 Å². The number of carbonyl (C=O) groups is 1. The quantitative estimate of drug-likeness (QED) is 0.743. The van der Waals surface area contributed by atoms with Crippen LogP contribution in [0.2, 0.25) is 0 Å². The third-order valence-corrected chi connectivity index (χ3v) is 4.91. The van der Waals surface area contributed by atoms with E-state index in [1.54, 1.807) is 0 Å². The Bertz CT molecular complexity index is 389. The molecule has 1 fully saturated rings. The van der Waals surface area contributed by atoms with Crippen molar-refractivity contribution in [1.82, 2.24) is 15.1 Å². The summed E-state index contributed by atoms with van der Waals surface area (Å²) in [6.07, 6.45) is 3.33. The minimum atomic E-state index is -0.491. The first-order valence-electron chi connectivity index (χ1n) is 8.58. The van der Waals surface area contributed by atoms with Crippen molar-refractivity contribution in [3.8, 4) is 0 Å². The van der Waals surface area contributed by atoms with Gasteiger partial charge in [0, 0.05) is 30.7 Å². The number of likely N-dealkylation sites (N-methyl/N-ethyl adjacent to an activating group) is 2. The van der Waals surface area contributed by atoms with E-state index in [0.717, 1.165) is 6.54 Å². The van der Waals surface area contributed by atoms with Crippen LogP contribution in [0, 0.1) is 0 Å². The Morgan fingerprint density at radius 1 is 1.30 bits per heavy atom. The monoisotopic (exact) mass is 328 g/mol. The van der Waals surface area contributed by atoms with E-state index in [2.05, 4.69) is 36.3 Å². The zero-order valence-electron chi connectivity index (χ0n) is 16.0. The van der Waals surface area contributed by atoms with Crippen LogP contribution in [0.5, 0.6) is 0 Å². The molecule has 2 unspecified atom stereocenters. The Morgan fingerprint density at radius 3 is 2.22 bits per heavy atom. The normalized spacial score (nSPS) is 20.1. The summed E-state index contributed by atoms with van der Waals surface area (Å²) in [4.78, 5) is 16.6. The van der Waals surface area contributed by atoms with Gasteiger partial charge in [-0.25, -0.2) is 4.79 Å². The van der Waals surface area contributed by atoms with E-state index >= 15 is 0 Å². The number of rotatable bonds is 7. The molecule has 3 N–H and O–H groups in total. The molecule has 1 saturated carbocycles. The zero-order valence-corrected chi connectivity index (χ0v) is 16.0. The summed E-state index contributed by atoms with van der Waals surface area (Å²) >= 11 is 0. The van der Waals surface area contributed by atoms with Crippen molar-refractivity contribution in [2.45, 2.75) is 70.2 Å². The van der Waals surface area contributed by atoms with Gasteiger partial charge in [0.25, 0.3) is 0 Å². The van der Waals surface area contributed by atoms with Crippen LogP contribution in [0.1, 0.15) is 47.0 Å². The lowest BCUT2D eigenvalue weighted by Crippen LogP contribution is -2.61. The largest absolute Gasteiger partial charge is 0.444 e. The van der Waals surface area contributed by atoms with E-state index in [-0.39, 0.29) is 23.7 Å². The fraction of sp³-hybridized carbons (Fsp3) is 0.941. The number of hydrogen-bond acceptors (Lipinski definition) is 5. The lowest BCUT2D eigenvalue weighted by molar-refractivity contribution is 0.0109. The minimum absolute atomic E-state index is 0.0702.